The summed E-state index contributed by atoms with van der Waals surface area (Å²) < 4.78 is 39.8. The highest BCUT2D eigenvalue weighted by Gasteiger charge is 2.37. The number of halogens is 3. The van der Waals surface area contributed by atoms with Crippen LogP contribution >= 0.6 is 0 Å². The molecule has 0 radical (unpaired) electrons. The summed E-state index contributed by atoms with van der Waals surface area (Å²) in [7, 11) is 0. The molecular weight excluding hydrogens is 289 g/mol. The third kappa shape index (κ3) is 2.93. The summed E-state index contributed by atoms with van der Waals surface area (Å²) in [6, 6.07) is 12.1. The molecule has 0 amide bonds. The molecule has 0 unspecified atom stereocenters. The van der Waals surface area contributed by atoms with Crippen molar-refractivity contribution in [1.29, 1.82) is 0 Å². The Morgan fingerprint density at radius 1 is 1.00 bits per heavy atom. The predicted molar refractivity (Wildman–Crippen MR) is 79.6 cm³/mol. The first-order valence-electron chi connectivity index (χ1n) is 7.41. The van der Waals surface area contributed by atoms with E-state index in [1.54, 1.807) is 0 Å². The van der Waals surface area contributed by atoms with Gasteiger partial charge < -0.3 is 4.90 Å². The van der Waals surface area contributed by atoms with Crippen molar-refractivity contribution < 1.29 is 13.2 Å². The predicted octanol–water partition coefficient (Wildman–Crippen LogP) is 4.83. The molecule has 1 fully saturated rings. The van der Waals surface area contributed by atoms with E-state index in [-0.39, 0.29) is 11.9 Å². The minimum absolute atomic E-state index is 0.0450. The van der Waals surface area contributed by atoms with Crippen molar-refractivity contribution in [2.45, 2.75) is 31.5 Å². The molecule has 1 atom stereocenters. The smallest absolute Gasteiger partial charge is 0.349 e. The molecule has 116 valence electrons. The number of aromatic nitrogens is 1. The Hall–Kier alpha value is -2.04. The zero-order valence-electron chi connectivity index (χ0n) is 12.1. The van der Waals surface area contributed by atoms with E-state index in [1.165, 1.54) is 12.3 Å². The monoisotopic (exact) mass is 306 g/mol. The summed E-state index contributed by atoms with van der Waals surface area (Å²) in [5, 5.41) is 0. The number of alkyl halides is 3. The molecule has 0 saturated carbocycles. The van der Waals surface area contributed by atoms with E-state index in [9.17, 15) is 13.2 Å². The summed E-state index contributed by atoms with van der Waals surface area (Å²) >= 11 is 0. The number of benzene rings is 1. The highest BCUT2D eigenvalue weighted by Crippen LogP contribution is 2.40. The normalized spacial score (nSPS) is 19.2. The topological polar surface area (TPSA) is 16.1 Å². The summed E-state index contributed by atoms with van der Waals surface area (Å²) in [4.78, 5) is 5.86. The number of pyridine rings is 1. The Morgan fingerprint density at radius 3 is 2.50 bits per heavy atom. The van der Waals surface area contributed by atoms with Crippen molar-refractivity contribution in [1.82, 2.24) is 4.98 Å². The van der Waals surface area contributed by atoms with Gasteiger partial charge in [0.15, 0.2) is 0 Å². The molecule has 2 aromatic rings. The van der Waals surface area contributed by atoms with Crippen molar-refractivity contribution >= 4 is 5.82 Å². The SMILES string of the molecule is FC(F)(F)c1cccnc1N1CCCC[C@H]1c1ccccc1. The molecule has 1 aromatic carbocycles. The van der Waals surface area contributed by atoms with Crippen LogP contribution in [0.4, 0.5) is 19.0 Å². The second-order valence-electron chi connectivity index (χ2n) is 5.49. The third-order valence-electron chi connectivity index (χ3n) is 4.05. The molecule has 3 rings (SSSR count). The van der Waals surface area contributed by atoms with Gasteiger partial charge in [0, 0.05) is 12.7 Å². The van der Waals surface area contributed by atoms with E-state index in [0.717, 1.165) is 30.9 Å². The fraction of sp³-hybridized carbons (Fsp3) is 0.353. The van der Waals surface area contributed by atoms with E-state index in [1.807, 2.05) is 35.2 Å². The molecule has 0 N–H and O–H groups in total. The Kier molecular flexibility index (Phi) is 4.05. The number of piperidine rings is 1. The Balaban J connectivity index is 2.02. The molecule has 0 aliphatic carbocycles. The second-order valence-corrected chi connectivity index (χ2v) is 5.49. The first-order chi connectivity index (χ1) is 10.6. The van der Waals surface area contributed by atoms with Crippen molar-refractivity contribution in [2.24, 2.45) is 0 Å². The molecule has 1 aliphatic heterocycles. The van der Waals surface area contributed by atoms with E-state index < -0.39 is 11.7 Å². The number of hydrogen-bond acceptors (Lipinski definition) is 2. The van der Waals surface area contributed by atoms with E-state index in [0.29, 0.717) is 6.54 Å². The lowest BCUT2D eigenvalue weighted by Crippen LogP contribution is -2.35. The molecule has 2 nitrogen and oxygen atoms in total. The minimum atomic E-state index is -4.39. The van der Waals surface area contributed by atoms with Crippen LogP contribution in [0.5, 0.6) is 0 Å². The average Bonchev–Trinajstić information content (AvgIpc) is 2.55. The van der Waals surface area contributed by atoms with Crippen LogP contribution < -0.4 is 4.90 Å². The molecule has 22 heavy (non-hydrogen) atoms. The Labute approximate surface area is 127 Å². The van der Waals surface area contributed by atoms with Gasteiger partial charge in [-0.1, -0.05) is 30.3 Å². The average molecular weight is 306 g/mol. The summed E-state index contributed by atoms with van der Waals surface area (Å²) in [5.74, 6) is 0.0450. The lowest BCUT2D eigenvalue weighted by molar-refractivity contribution is -0.137. The van der Waals surface area contributed by atoms with Gasteiger partial charge in [0.05, 0.1) is 11.6 Å². The van der Waals surface area contributed by atoms with Crippen molar-refractivity contribution in [3.63, 3.8) is 0 Å². The van der Waals surface area contributed by atoms with Gasteiger partial charge in [-0.25, -0.2) is 4.98 Å². The molecule has 1 aliphatic rings. The van der Waals surface area contributed by atoms with Crippen LogP contribution in [0, 0.1) is 0 Å². The maximum absolute atomic E-state index is 13.3. The van der Waals surface area contributed by atoms with E-state index in [2.05, 4.69) is 4.98 Å². The lowest BCUT2D eigenvalue weighted by atomic mass is 9.95. The number of rotatable bonds is 2. The first kappa shape index (κ1) is 14.9. The molecule has 2 heterocycles. The van der Waals surface area contributed by atoms with Crippen molar-refractivity contribution in [3.05, 3.63) is 59.8 Å². The van der Waals surface area contributed by atoms with Crippen LogP contribution in [0.25, 0.3) is 0 Å². The Morgan fingerprint density at radius 2 is 1.77 bits per heavy atom. The number of hydrogen-bond donors (Lipinski definition) is 0. The molecule has 0 spiro atoms. The zero-order chi connectivity index (χ0) is 15.6. The van der Waals surface area contributed by atoms with Crippen molar-refractivity contribution in [2.75, 3.05) is 11.4 Å². The minimum Gasteiger partial charge on any atom is -0.349 e. The quantitative estimate of drug-likeness (QED) is 0.790. The van der Waals surface area contributed by atoms with Crippen molar-refractivity contribution in [3.8, 4) is 0 Å². The lowest BCUT2D eigenvalue weighted by Gasteiger charge is -2.38. The molecule has 5 heteroatoms. The zero-order valence-corrected chi connectivity index (χ0v) is 12.1. The van der Waals surface area contributed by atoms with Crippen LogP contribution in [0.3, 0.4) is 0 Å². The van der Waals surface area contributed by atoms with Crippen LogP contribution in [0.2, 0.25) is 0 Å². The van der Waals surface area contributed by atoms with Gasteiger partial charge in [0.1, 0.15) is 5.82 Å². The summed E-state index contributed by atoms with van der Waals surface area (Å²) in [5.41, 5.74) is 0.388. The second kappa shape index (κ2) is 5.99. The maximum Gasteiger partial charge on any atom is 0.419 e. The van der Waals surface area contributed by atoms with E-state index >= 15 is 0 Å². The van der Waals surface area contributed by atoms with Crippen LogP contribution in [-0.4, -0.2) is 11.5 Å². The molecule has 1 saturated heterocycles. The van der Waals surface area contributed by atoms with Crippen LogP contribution in [0.15, 0.2) is 48.7 Å². The van der Waals surface area contributed by atoms with Crippen LogP contribution in [0.1, 0.15) is 36.4 Å². The molecule has 1 aromatic heterocycles. The van der Waals surface area contributed by atoms with Gasteiger partial charge in [-0.2, -0.15) is 13.2 Å². The van der Waals surface area contributed by atoms with Gasteiger partial charge in [-0.3, -0.25) is 0 Å². The third-order valence-corrected chi connectivity index (χ3v) is 4.05. The number of anilines is 1. The van der Waals surface area contributed by atoms with Crippen LogP contribution in [-0.2, 0) is 6.18 Å². The Bertz CT molecular complexity index is 625. The molecule has 0 bridgehead atoms. The summed E-state index contributed by atoms with van der Waals surface area (Å²) in [6.07, 6.45) is -0.206. The van der Waals surface area contributed by atoms with Gasteiger partial charge in [-0.15, -0.1) is 0 Å². The first-order valence-corrected chi connectivity index (χ1v) is 7.41. The highest BCUT2D eigenvalue weighted by molar-refractivity contribution is 5.51. The fourth-order valence-corrected chi connectivity index (χ4v) is 3.05. The maximum atomic E-state index is 13.3. The van der Waals surface area contributed by atoms with E-state index in [4.69, 9.17) is 0 Å². The largest absolute Gasteiger partial charge is 0.419 e. The van der Waals surface area contributed by atoms with Gasteiger partial charge >= 0.3 is 6.18 Å². The summed E-state index contributed by atoms with van der Waals surface area (Å²) in [6.45, 7) is 0.597. The highest BCUT2D eigenvalue weighted by atomic mass is 19.4. The standard InChI is InChI=1S/C17H17F3N2/c18-17(19,20)14-9-6-11-21-16(14)22-12-5-4-10-15(22)13-7-2-1-3-8-13/h1-3,6-9,11,15H,4-5,10,12H2/t15-/m0/s1. The van der Waals surface area contributed by atoms with Gasteiger partial charge in [0.25, 0.3) is 0 Å². The fourth-order valence-electron chi connectivity index (χ4n) is 3.05. The van der Waals surface area contributed by atoms with Gasteiger partial charge in [-0.05, 0) is 37.0 Å². The molecular formula is C17H17F3N2. The van der Waals surface area contributed by atoms with Gasteiger partial charge in [0.2, 0.25) is 0 Å². The number of nitrogens with zero attached hydrogens (tertiary/aromatic N) is 2.